The molecule has 0 radical (unpaired) electrons. The maximum Gasteiger partial charge on any atom is 0.473 e. The number of hydrogen-bond acceptors (Lipinski definition) is 4. The summed E-state index contributed by atoms with van der Waals surface area (Å²) in [4.78, 5) is 52.9. The van der Waals surface area contributed by atoms with Crippen molar-refractivity contribution in [3.63, 3.8) is 0 Å². The van der Waals surface area contributed by atoms with Gasteiger partial charge in [0.2, 0.25) is 11.8 Å². The lowest BCUT2D eigenvalue weighted by atomic mass is 9.89. The number of carbonyl (C=O) groups excluding carboxylic acids is 4. The average molecular weight is 479 g/mol. The van der Waals surface area contributed by atoms with Crippen molar-refractivity contribution in [3.05, 3.63) is 34.9 Å². The van der Waals surface area contributed by atoms with E-state index in [1.54, 1.807) is 11.0 Å². The molecular formula is C22H24F3N5O4. The summed E-state index contributed by atoms with van der Waals surface area (Å²) < 4.78 is 37.5. The summed E-state index contributed by atoms with van der Waals surface area (Å²) in [5.41, 5.74) is 6.56. The number of amides is 4. The minimum Gasteiger partial charge on any atom is -0.383 e. The molecule has 1 saturated carbocycles. The van der Waals surface area contributed by atoms with Crippen molar-refractivity contribution in [2.75, 3.05) is 0 Å². The smallest absolute Gasteiger partial charge is 0.383 e. The Hall–Kier alpha value is -3.44. The van der Waals surface area contributed by atoms with Crippen LogP contribution in [0, 0.1) is 0 Å². The third-order valence-electron chi connectivity index (χ3n) is 6.47. The molecule has 1 aliphatic carbocycles. The van der Waals surface area contributed by atoms with Crippen LogP contribution >= 0.6 is 0 Å². The topological polar surface area (TPSA) is 134 Å². The Morgan fingerprint density at radius 2 is 1.88 bits per heavy atom. The number of nitrogens with zero attached hydrogens (tertiary/aromatic N) is 2. The molecule has 1 unspecified atom stereocenters. The van der Waals surface area contributed by atoms with Crippen LogP contribution in [0.15, 0.2) is 23.2 Å². The van der Waals surface area contributed by atoms with Crippen molar-refractivity contribution < 1.29 is 32.3 Å². The van der Waals surface area contributed by atoms with E-state index < -0.39 is 24.0 Å². The van der Waals surface area contributed by atoms with Crippen LogP contribution in [0.3, 0.4) is 0 Å². The zero-order valence-electron chi connectivity index (χ0n) is 18.2. The highest BCUT2D eigenvalue weighted by Crippen LogP contribution is 2.32. The lowest BCUT2D eigenvalue weighted by Crippen LogP contribution is -2.56. The molecule has 4 N–H and O–H groups in total. The maximum atomic E-state index is 13.2. The quantitative estimate of drug-likeness (QED) is 0.440. The lowest BCUT2D eigenvalue weighted by Gasteiger charge is -2.38. The number of hydrogen-bond donors (Lipinski definition) is 3. The fourth-order valence-electron chi connectivity index (χ4n) is 4.73. The summed E-state index contributed by atoms with van der Waals surface area (Å²) in [6.45, 7) is 0.282. The molecule has 2 aliphatic heterocycles. The Morgan fingerprint density at radius 3 is 2.56 bits per heavy atom. The first kappa shape index (κ1) is 23.7. The highest BCUT2D eigenvalue weighted by Gasteiger charge is 2.41. The number of aliphatic imine (C=N–C) groups is 1. The standard InChI is InChI=1S/C22H24F3N5O4/c23-22(24,25)21(34)29-18(26)11-5-6-12-10-30(20(33)13(12)9-11)16-4-2-1-3-14(16)28-19(32)15-7-8-17(31)27-15/h5-6,9,14-16H,1-4,7-8,10H2,(H,27,31)(H,28,32)(H2,26,29,34)/t14?,15-,16+/m0/s1. The van der Waals surface area contributed by atoms with Gasteiger partial charge in [0.1, 0.15) is 11.9 Å². The minimum atomic E-state index is -5.14. The molecule has 3 atom stereocenters. The van der Waals surface area contributed by atoms with Crippen molar-refractivity contribution in [1.82, 2.24) is 15.5 Å². The van der Waals surface area contributed by atoms with Gasteiger partial charge in [0.15, 0.2) is 0 Å². The van der Waals surface area contributed by atoms with Crippen LogP contribution in [0.4, 0.5) is 13.2 Å². The molecule has 1 aromatic rings. The van der Waals surface area contributed by atoms with Crippen LogP contribution in [0.1, 0.15) is 60.0 Å². The summed E-state index contributed by atoms with van der Waals surface area (Å²) in [6.07, 6.45) is -1.29. The summed E-state index contributed by atoms with van der Waals surface area (Å²) in [7, 11) is 0. The van der Waals surface area contributed by atoms with Crippen LogP contribution < -0.4 is 16.4 Å². The number of nitrogens with one attached hydrogen (secondary N) is 2. The second-order valence-corrected chi connectivity index (χ2v) is 8.73. The number of carbonyl (C=O) groups is 4. The highest BCUT2D eigenvalue weighted by atomic mass is 19.4. The molecule has 4 rings (SSSR count). The number of benzene rings is 1. The number of alkyl halides is 3. The molecule has 3 aliphatic rings. The Balaban J connectivity index is 1.50. The van der Waals surface area contributed by atoms with Gasteiger partial charge < -0.3 is 21.3 Å². The molecule has 2 heterocycles. The number of halogens is 3. The predicted molar refractivity (Wildman–Crippen MR) is 113 cm³/mol. The molecule has 2 fully saturated rings. The molecule has 0 bridgehead atoms. The molecule has 1 aromatic carbocycles. The highest BCUT2D eigenvalue weighted by molar-refractivity contribution is 6.07. The number of amidine groups is 1. The van der Waals surface area contributed by atoms with E-state index in [2.05, 4.69) is 15.6 Å². The molecule has 0 spiro atoms. The fourth-order valence-corrected chi connectivity index (χ4v) is 4.73. The van der Waals surface area contributed by atoms with Crippen molar-refractivity contribution in [3.8, 4) is 0 Å². The van der Waals surface area contributed by atoms with E-state index in [1.807, 2.05) is 0 Å². The second-order valence-electron chi connectivity index (χ2n) is 8.73. The zero-order valence-corrected chi connectivity index (χ0v) is 18.2. The normalized spacial score (nSPS) is 25.2. The van der Waals surface area contributed by atoms with Crippen molar-refractivity contribution in [1.29, 1.82) is 0 Å². The third-order valence-corrected chi connectivity index (χ3v) is 6.47. The number of fused-ring (bicyclic) bond motifs is 1. The zero-order chi connectivity index (χ0) is 24.6. The predicted octanol–water partition coefficient (Wildman–Crippen LogP) is 1.14. The third kappa shape index (κ3) is 4.75. The van der Waals surface area contributed by atoms with E-state index in [0.29, 0.717) is 31.2 Å². The van der Waals surface area contributed by atoms with E-state index >= 15 is 0 Å². The molecule has 1 saturated heterocycles. The summed E-state index contributed by atoms with van der Waals surface area (Å²) in [5, 5.41) is 5.63. The Morgan fingerprint density at radius 1 is 1.15 bits per heavy atom. The number of nitrogens with two attached hydrogens (primary N) is 1. The van der Waals surface area contributed by atoms with E-state index in [9.17, 15) is 32.3 Å². The summed E-state index contributed by atoms with van der Waals surface area (Å²) >= 11 is 0. The summed E-state index contributed by atoms with van der Waals surface area (Å²) in [6, 6.07) is 3.20. The van der Waals surface area contributed by atoms with Gasteiger partial charge in [0.25, 0.3) is 5.91 Å². The van der Waals surface area contributed by atoms with E-state index in [1.165, 1.54) is 12.1 Å². The van der Waals surface area contributed by atoms with Gasteiger partial charge in [-0.3, -0.25) is 19.2 Å². The van der Waals surface area contributed by atoms with Crippen molar-refractivity contribution in [2.24, 2.45) is 10.7 Å². The van der Waals surface area contributed by atoms with Crippen molar-refractivity contribution >= 4 is 29.5 Å². The van der Waals surface area contributed by atoms with Crippen LogP contribution in [0.2, 0.25) is 0 Å². The summed E-state index contributed by atoms with van der Waals surface area (Å²) in [5.74, 6) is -3.71. The van der Waals surface area contributed by atoms with Gasteiger partial charge in [-0.2, -0.15) is 18.2 Å². The van der Waals surface area contributed by atoms with Crippen LogP contribution in [0.25, 0.3) is 0 Å². The monoisotopic (exact) mass is 479 g/mol. The Bertz CT molecular complexity index is 1070. The molecular weight excluding hydrogens is 455 g/mol. The Labute approximate surface area is 192 Å². The molecule has 4 amide bonds. The van der Waals surface area contributed by atoms with E-state index in [0.717, 1.165) is 12.8 Å². The van der Waals surface area contributed by atoms with Gasteiger partial charge in [0, 0.05) is 30.1 Å². The van der Waals surface area contributed by atoms with Crippen LogP contribution in [-0.4, -0.2) is 58.7 Å². The van der Waals surface area contributed by atoms with Crippen molar-refractivity contribution in [2.45, 2.75) is 69.4 Å². The average Bonchev–Trinajstić information content (AvgIpc) is 3.36. The molecule has 9 nitrogen and oxygen atoms in total. The lowest BCUT2D eigenvalue weighted by molar-refractivity contribution is -0.169. The van der Waals surface area contributed by atoms with E-state index in [4.69, 9.17) is 5.73 Å². The SMILES string of the molecule is NC(=NC(=O)C(F)(F)F)c1ccc2c(c1)C(=O)N([C@@H]1CCCCC1NC(=O)[C@@H]1CCC(=O)N1)C2. The van der Waals surface area contributed by atoms with Gasteiger partial charge in [-0.25, -0.2) is 0 Å². The van der Waals surface area contributed by atoms with E-state index in [-0.39, 0.29) is 47.5 Å². The van der Waals surface area contributed by atoms with Crippen LogP contribution in [-0.2, 0) is 20.9 Å². The largest absolute Gasteiger partial charge is 0.473 e. The van der Waals surface area contributed by atoms with Gasteiger partial charge in [-0.15, -0.1) is 0 Å². The van der Waals surface area contributed by atoms with Gasteiger partial charge in [-0.05, 0) is 30.9 Å². The van der Waals surface area contributed by atoms with Gasteiger partial charge >= 0.3 is 12.1 Å². The Kier molecular flexibility index (Phi) is 6.32. The fraction of sp³-hybridized carbons (Fsp3) is 0.500. The molecule has 34 heavy (non-hydrogen) atoms. The van der Waals surface area contributed by atoms with Crippen LogP contribution in [0.5, 0.6) is 0 Å². The molecule has 12 heteroatoms. The minimum absolute atomic E-state index is 0.0389. The van der Waals surface area contributed by atoms with Gasteiger partial charge in [-0.1, -0.05) is 25.0 Å². The second kappa shape index (κ2) is 9.07. The molecule has 0 aromatic heterocycles. The first-order chi connectivity index (χ1) is 16.0. The molecule has 182 valence electrons. The first-order valence-electron chi connectivity index (χ1n) is 11.0. The van der Waals surface area contributed by atoms with Gasteiger partial charge in [0.05, 0.1) is 6.04 Å². The maximum absolute atomic E-state index is 13.2. The first-order valence-corrected chi connectivity index (χ1v) is 11.0. The number of rotatable bonds is 4.